The van der Waals surface area contributed by atoms with Crippen LogP contribution in [0.25, 0.3) is 0 Å². The van der Waals surface area contributed by atoms with Crippen molar-refractivity contribution in [2.45, 2.75) is 19.4 Å². The summed E-state index contributed by atoms with van der Waals surface area (Å²) in [5.41, 5.74) is 1.15. The molecule has 0 saturated carbocycles. The Kier molecular flexibility index (Phi) is 5.02. The van der Waals surface area contributed by atoms with Crippen molar-refractivity contribution in [2.75, 3.05) is 6.54 Å². The first kappa shape index (κ1) is 14.6. The lowest BCUT2D eigenvalue weighted by Gasteiger charge is -2.19. The van der Waals surface area contributed by atoms with E-state index in [0.29, 0.717) is 0 Å². The zero-order chi connectivity index (χ0) is 13.8. The van der Waals surface area contributed by atoms with E-state index in [0.717, 1.165) is 33.8 Å². The molecule has 2 rings (SSSR count). The zero-order valence-electron chi connectivity index (χ0n) is 11.0. The Morgan fingerprint density at radius 3 is 2.84 bits per heavy atom. The summed E-state index contributed by atoms with van der Waals surface area (Å²) in [6, 6.07) is 6.07. The first-order chi connectivity index (χ1) is 9.13. The van der Waals surface area contributed by atoms with Gasteiger partial charge in [0.2, 0.25) is 0 Å². The van der Waals surface area contributed by atoms with Gasteiger partial charge in [-0.25, -0.2) is 4.98 Å². The fourth-order valence-electron chi connectivity index (χ4n) is 1.99. The number of halogens is 2. The number of benzene rings is 1. The molecule has 19 heavy (non-hydrogen) atoms. The van der Waals surface area contributed by atoms with Crippen molar-refractivity contribution < 1.29 is 0 Å². The Morgan fingerprint density at radius 1 is 1.47 bits per heavy atom. The quantitative estimate of drug-likeness (QED) is 0.892. The minimum atomic E-state index is 0.0773. The summed E-state index contributed by atoms with van der Waals surface area (Å²) >= 11 is 9.54. The molecule has 0 bridgehead atoms. The lowest BCUT2D eigenvalue weighted by Crippen LogP contribution is -2.25. The topological polar surface area (TPSA) is 29.9 Å². The lowest BCUT2D eigenvalue weighted by atomic mass is 10.1. The van der Waals surface area contributed by atoms with E-state index in [1.807, 2.05) is 42.2 Å². The van der Waals surface area contributed by atoms with Gasteiger partial charge < -0.3 is 9.88 Å². The standard InChI is InChI=1S/C14H17BrClN3/c1-3-6-17-13(14-18-7-8-19(14)2)10-4-5-12(16)11(15)9-10/h4-5,7-9,13,17H,3,6H2,1-2H3. The van der Waals surface area contributed by atoms with Crippen molar-refractivity contribution in [1.82, 2.24) is 14.9 Å². The summed E-state index contributed by atoms with van der Waals surface area (Å²) in [6.45, 7) is 3.10. The monoisotopic (exact) mass is 341 g/mol. The van der Waals surface area contributed by atoms with E-state index in [4.69, 9.17) is 11.6 Å². The van der Waals surface area contributed by atoms with Crippen LogP contribution in [0.1, 0.15) is 30.8 Å². The van der Waals surface area contributed by atoms with Crippen molar-refractivity contribution >= 4 is 27.5 Å². The molecule has 1 aromatic carbocycles. The van der Waals surface area contributed by atoms with Gasteiger partial charge in [0.05, 0.1) is 11.1 Å². The van der Waals surface area contributed by atoms with E-state index in [-0.39, 0.29) is 6.04 Å². The van der Waals surface area contributed by atoms with Crippen molar-refractivity contribution in [3.05, 3.63) is 51.5 Å². The van der Waals surface area contributed by atoms with Crippen LogP contribution in [0.3, 0.4) is 0 Å². The molecule has 0 aliphatic rings. The van der Waals surface area contributed by atoms with Crippen LogP contribution in [-0.2, 0) is 7.05 Å². The molecule has 2 aromatic rings. The SMILES string of the molecule is CCCNC(c1ccc(Cl)c(Br)c1)c1nccn1C. The molecule has 1 atom stereocenters. The van der Waals surface area contributed by atoms with Gasteiger partial charge >= 0.3 is 0 Å². The Labute approximate surface area is 127 Å². The third-order valence-corrected chi connectivity index (χ3v) is 4.21. The van der Waals surface area contributed by atoms with E-state index in [1.54, 1.807) is 0 Å². The molecular formula is C14H17BrClN3. The highest BCUT2D eigenvalue weighted by atomic mass is 79.9. The Balaban J connectivity index is 2.37. The van der Waals surface area contributed by atoms with Crippen LogP contribution in [-0.4, -0.2) is 16.1 Å². The first-order valence-corrected chi connectivity index (χ1v) is 7.46. The van der Waals surface area contributed by atoms with Crippen molar-refractivity contribution in [3.8, 4) is 0 Å². The second-order valence-corrected chi connectivity index (χ2v) is 5.72. The summed E-state index contributed by atoms with van der Waals surface area (Å²) in [6.07, 6.45) is 4.86. The highest BCUT2D eigenvalue weighted by Crippen LogP contribution is 2.28. The molecule has 1 unspecified atom stereocenters. The van der Waals surface area contributed by atoms with Gasteiger partial charge in [-0.05, 0) is 46.6 Å². The van der Waals surface area contributed by atoms with Gasteiger partial charge in [0.15, 0.2) is 0 Å². The van der Waals surface area contributed by atoms with E-state index in [2.05, 4.69) is 33.2 Å². The zero-order valence-corrected chi connectivity index (χ0v) is 13.4. The number of hydrogen-bond acceptors (Lipinski definition) is 2. The van der Waals surface area contributed by atoms with Gasteiger partial charge in [0.1, 0.15) is 5.82 Å². The number of rotatable bonds is 5. The molecule has 102 valence electrons. The molecule has 0 spiro atoms. The van der Waals surface area contributed by atoms with Crippen LogP contribution in [0.2, 0.25) is 5.02 Å². The van der Waals surface area contributed by atoms with Crippen molar-refractivity contribution in [2.24, 2.45) is 7.05 Å². The van der Waals surface area contributed by atoms with Crippen molar-refractivity contribution in [1.29, 1.82) is 0 Å². The number of nitrogens with zero attached hydrogens (tertiary/aromatic N) is 2. The number of imidazole rings is 1. The Morgan fingerprint density at radius 2 is 2.26 bits per heavy atom. The minimum absolute atomic E-state index is 0.0773. The smallest absolute Gasteiger partial charge is 0.130 e. The average molecular weight is 343 g/mol. The molecule has 0 saturated heterocycles. The maximum absolute atomic E-state index is 6.06. The molecule has 0 aliphatic carbocycles. The molecule has 1 aromatic heterocycles. The van der Waals surface area contributed by atoms with Gasteiger partial charge in [0, 0.05) is 23.9 Å². The summed E-state index contributed by atoms with van der Waals surface area (Å²) < 4.78 is 2.94. The first-order valence-electron chi connectivity index (χ1n) is 6.29. The Hall–Kier alpha value is -0.840. The minimum Gasteiger partial charge on any atom is -0.336 e. The number of aryl methyl sites for hydroxylation is 1. The average Bonchev–Trinajstić information content (AvgIpc) is 2.80. The van der Waals surface area contributed by atoms with Crippen LogP contribution in [0.15, 0.2) is 35.1 Å². The van der Waals surface area contributed by atoms with Crippen molar-refractivity contribution in [3.63, 3.8) is 0 Å². The van der Waals surface area contributed by atoms with Crippen LogP contribution in [0.5, 0.6) is 0 Å². The predicted molar refractivity (Wildman–Crippen MR) is 82.5 cm³/mol. The molecule has 0 amide bonds. The van der Waals surface area contributed by atoms with Gasteiger partial charge in [-0.2, -0.15) is 0 Å². The van der Waals surface area contributed by atoms with Gasteiger partial charge in [-0.3, -0.25) is 0 Å². The molecule has 1 heterocycles. The maximum Gasteiger partial charge on any atom is 0.130 e. The molecule has 0 aliphatic heterocycles. The number of hydrogen-bond donors (Lipinski definition) is 1. The fourth-order valence-corrected chi connectivity index (χ4v) is 2.51. The predicted octanol–water partition coefficient (Wildman–Crippen LogP) is 3.93. The molecule has 3 nitrogen and oxygen atoms in total. The van der Waals surface area contributed by atoms with Gasteiger partial charge in [-0.15, -0.1) is 0 Å². The van der Waals surface area contributed by atoms with Gasteiger partial charge in [-0.1, -0.05) is 24.6 Å². The second kappa shape index (κ2) is 6.55. The van der Waals surface area contributed by atoms with Crippen LogP contribution in [0, 0.1) is 0 Å². The van der Waals surface area contributed by atoms with Gasteiger partial charge in [0.25, 0.3) is 0 Å². The van der Waals surface area contributed by atoms with Crippen LogP contribution < -0.4 is 5.32 Å². The summed E-state index contributed by atoms with van der Waals surface area (Å²) in [5.74, 6) is 1.00. The van der Waals surface area contributed by atoms with E-state index in [1.165, 1.54) is 0 Å². The summed E-state index contributed by atoms with van der Waals surface area (Å²) in [4.78, 5) is 4.45. The summed E-state index contributed by atoms with van der Waals surface area (Å²) in [5, 5.41) is 4.25. The number of aromatic nitrogens is 2. The summed E-state index contributed by atoms with van der Waals surface area (Å²) in [7, 11) is 2.01. The lowest BCUT2D eigenvalue weighted by molar-refractivity contribution is 0.555. The van der Waals surface area contributed by atoms with Crippen LogP contribution in [0.4, 0.5) is 0 Å². The van der Waals surface area contributed by atoms with Crippen LogP contribution >= 0.6 is 27.5 Å². The van der Waals surface area contributed by atoms with E-state index in [9.17, 15) is 0 Å². The van der Waals surface area contributed by atoms with E-state index >= 15 is 0 Å². The number of nitrogens with one attached hydrogen (secondary N) is 1. The largest absolute Gasteiger partial charge is 0.336 e. The highest BCUT2D eigenvalue weighted by molar-refractivity contribution is 9.10. The molecule has 5 heteroatoms. The second-order valence-electron chi connectivity index (χ2n) is 4.46. The molecule has 0 radical (unpaired) electrons. The third kappa shape index (κ3) is 3.38. The fraction of sp³-hybridized carbons (Fsp3) is 0.357. The highest BCUT2D eigenvalue weighted by Gasteiger charge is 2.18. The van der Waals surface area contributed by atoms with E-state index < -0.39 is 0 Å². The normalized spacial score (nSPS) is 12.6. The maximum atomic E-state index is 6.06. The molecule has 0 fully saturated rings. The third-order valence-electron chi connectivity index (χ3n) is 2.99. The molecule has 1 N–H and O–H groups in total. The Bertz CT molecular complexity index is 553. The molecular weight excluding hydrogens is 326 g/mol.